The zero-order chi connectivity index (χ0) is 22.0. The standard InChI is InChI=1S/C22H25N3O5S/c1-30-19-11-6-16(13-20(19)31(28,29)24-17-7-8-17)22(27)23-14-15-4-9-18(10-5-15)25-12-2-3-21(25)26/h4-6,9-11,13,17,24H,2-3,7-8,12,14H2,1H3,(H,23,27). The fourth-order valence-electron chi connectivity index (χ4n) is 3.51. The number of benzene rings is 2. The summed E-state index contributed by atoms with van der Waals surface area (Å²) in [5.41, 5.74) is 1.96. The highest BCUT2D eigenvalue weighted by Gasteiger charge is 2.30. The van der Waals surface area contributed by atoms with Crippen LogP contribution in [0.15, 0.2) is 47.4 Å². The average molecular weight is 444 g/mol. The number of rotatable bonds is 8. The van der Waals surface area contributed by atoms with E-state index in [0.29, 0.717) is 6.42 Å². The fourth-order valence-corrected chi connectivity index (χ4v) is 5.01. The third-order valence-corrected chi connectivity index (χ3v) is 6.93. The van der Waals surface area contributed by atoms with Crippen molar-refractivity contribution in [2.24, 2.45) is 0 Å². The lowest BCUT2D eigenvalue weighted by atomic mass is 10.1. The molecule has 9 heteroatoms. The molecule has 0 bridgehead atoms. The summed E-state index contributed by atoms with van der Waals surface area (Å²) in [7, 11) is -2.37. The molecular weight excluding hydrogens is 418 g/mol. The number of hydrogen-bond donors (Lipinski definition) is 2. The molecule has 164 valence electrons. The number of amides is 2. The van der Waals surface area contributed by atoms with E-state index in [2.05, 4.69) is 10.0 Å². The number of methoxy groups -OCH3 is 1. The molecule has 31 heavy (non-hydrogen) atoms. The summed E-state index contributed by atoms with van der Waals surface area (Å²) in [4.78, 5) is 26.2. The van der Waals surface area contributed by atoms with Crippen LogP contribution in [0, 0.1) is 0 Å². The number of anilines is 1. The number of sulfonamides is 1. The van der Waals surface area contributed by atoms with Gasteiger partial charge in [0.1, 0.15) is 10.6 Å². The lowest BCUT2D eigenvalue weighted by Gasteiger charge is -2.16. The average Bonchev–Trinajstić information content (AvgIpc) is 3.47. The molecule has 2 fully saturated rings. The highest BCUT2D eigenvalue weighted by molar-refractivity contribution is 7.89. The molecule has 8 nitrogen and oxygen atoms in total. The van der Waals surface area contributed by atoms with Crippen molar-refractivity contribution in [2.45, 2.75) is 43.2 Å². The SMILES string of the molecule is COc1ccc(C(=O)NCc2ccc(N3CCCC3=O)cc2)cc1S(=O)(=O)NC1CC1. The molecule has 1 aliphatic heterocycles. The van der Waals surface area contributed by atoms with Crippen LogP contribution in [0.4, 0.5) is 5.69 Å². The molecule has 0 atom stereocenters. The molecule has 2 aromatic carbocycles. The molecule has 1 heterocycles. The third-order valence-electron chi connectivity index (χ3n) is 5.39. The molecule has 1 saturated carbocycles. The van der Waals surface area contributed by atoms with Crippen LogP contribution >= 0.6 is 0 Å². The zero-order valence-corrected chi connectivity index (χ0v) is 18.1. The number of carbonyl (C=O) groups is 2. The Morgan fingerprint density at radius 2 is 1.90 bits per heavy atom. The predicted octanol–water partition coefficient (Wildman–Crippen LogP) is 2.19. The Morgan fingerprint density at radius 1 is 1.16 bits per heavy atom. The molecule has 1 saturated heterocycles. The van der Waals surface area contributed by atoms with Crippen LogP contribution in [0.3, 0.4) is 0 Å². The first-order chi connectivity index (χ1) is 14.9. The Morgan fingerprint density at radius 3 is 2.52 bits per heavy atom. The van der Waals surface area contributed by atoms with E-state index >= 15 is 0 Å². The summed E-state index contributed by atoms with van der Waals surface area (Å²) in [6.45, 7) is 1.01. The van der Waals surface area contributed by atoms with Crippen molar-refractivity contribution in [3.8, 4) is 5.75 Å². The second kappa shape index (κ2) is 8.68. The van der Waals surface area contributed by atoms with Crippen LogP contribution in [-0.2, 0) is 21.4 Å². The molecule has 2 amide bonds. The molecular formula is C22H25N3O5S. The van der Waals surface area contributed by atoms with Gasteiger partial charge in [0.2, 0.25) is 15.9 Å². The van der Waals surface area contributed by atoms with Gasteiger partial charge in [-0.3, -0.25) is 9.59 Å². The van der Waals surface area contributed by atoms with Crippen LogP contribution in [0.1, 0.15) is 41.6 Å². The minimum Gasteiger partial charge on any atom is -0.495 e. The van der Waals surface area contributed by atoms with Gasteiger partial charge >= 0.3 is 0 Å². The maximum Gasteiger partial charge on any atom is 0.251 e. The van der Waals surface area contributed by atoms with Crippen molar-refractivity contribution < 1.29 is 22.7 Å². The van der Waals surface area contributed by atoms with E-state index in [1.165, 1.54) is 25.3 Å². The molecule has 0 unspecified atom stereocenters. The maximum atomic E-state index is 12.6. The van der Waals surface area contributed by atoms with E-state index in [4.69, 9.17) is 4.74 Å². The van der Waals surface area contributed by atoms with Crippen molar-refractivity contribution in [1.29, 1.82) is 0 Å². The summed E-state index contributed by atoms with van der Waals surface area (Å²) in [6.07, 6.45) is 3.07. The van der Waals surface area contributed by atoms with Crippen molar-refractivity contribution in [3.63, 3.8) is 0 Å². The lowest BCUT2D eigenvalue weighted by Crippen LogP contribution is -2.27. The van der Waals surface area contributed by atoms with Gasteiger partial charge in [0, 0.05) is 36.8 Å². The monoisotopic (exact) mass is 443 g/mol. The van der Waals surface area contributed by atoms with E-state index in [-0.39, 0.29) is 40.6 Å². The summed E-state index contributed by atoms with van der Waals surface area (Å²) >= 11 is 0. The van der Waals surface area contributed by atoms with E-state index in [1.54, 1.807) is 4.90 Å². The third kappa shape index (κ3) is 4.88. The molecule has 0 spiro atoms. The molecule has 0 aromatic heterocycles. The smallest absolute Gasteiger partial charge is 0.251 e. The van der Waals surface area contributed by atoms with Gasteiger partial charge in [0.25, 0.3) is 5.91 Å². The van der Waals surface area contributed by atoms with Crippen LogP contribution in [-0.4, -0.2) is 39.9 Å². The normalized spacial score (nSPS) is 16.4. The second-order valence-corrected chi connectivity index (χ2v) is 9.44. The van der Waals surface area contributed by atoms with Crippen LogP contribution < -0.4 is 19.7 Å². The summed E-state index contributed by atoms with van der Waals surface area (Å²) in [6, 6.07) is 11.8. The topological polar surface area (TPSA) is 105 Å². The Balaban J connectivity index is 1.43. The zero-order valence-electron chi connectivity index (χ0n) is 17.3. The largest absolute Gasteiger partial charge is 0.495 e. The van der Waals surface area contributed by atoms with Crippen LogP contribution in [0.25, 0.3) is 0 Å². The van der Waals surface area contributed by atoms with Crippen LogP contribution in [0.5, 0.6) is 5.75 Å². The van der Waals surface area contributed by atoms with E-state index in [9.17, 15) is 18.0 Å². The first-order valence-electron chi connectivity index (χ1n) is 10.3. The number of nitrogens with one attached hydrogen (secondary N) is 2. The Hall–Kier alpha value is -2.91. The number of ether oxygens (including phenoxy) is 1. The van der Waals surface area contributed by atoms with Crippen molar-refractivity contribution in [1.82, 2.24) is 10.0 Å². The number of nitrogens with zero attached hydrogens (tertiary/aromatic N) is 1. The lowest BCUT2D eigenvalue weighted by molar-refractivity contribution is -0.117. The summed E-state index contributed by atoms with van der Waals surface area (Å²) < 4.78 is 33.0. The van der Waals surface area contributed by atoms with Gasteiger partial charge in [0.05, 0.1) is 7.11 Å². The van der Waals surface area contributed by atoms with Crippen molar-refractivity contribution in [2.75, 3.05) is 18.6 Å². The number of carbonyl (C=O) groups excluding carboxylic acids is 2. The first-order valence-corrected chi connectivity index (χ1v) is 11.7. The Kier molecular flexibility index (Phi) is 5.97. The van der Waals surface area contributed by atoms with Gasteiger partial charge in [-0.1, -0.05) is 12.1 Å². The molecule has 2 N–H and O–H groups in total. The van der Waals surface area contributed by atoms with Gasteiger partial charge in [0.15, 0.2) is 0 Å². The first kappa shape index (κ1) is 21.3. The molecule has 1 aliphatic carbocycles. The van der Waals surface area contributed by atoms with Gasteiger partial charge in [-0.05, 0) is 55.2 Å². The predicted molar refractivity (Wildman–Crippen MR) is 116 cm³/mol. The minimum absolute atomic E-state index is 0.0471. The molecule has 2 aromatic rings. The Bertz CT molecular complexity index is 1090. The van der Waals surface area contributed by atoms with Gasteiger partial charge in [-0.25, -0.2) is 13.1 Å². The highest BCUT2D eigenvalue weighted by Crippen LogP contribution is 2.28. The van der Waals surface area contributed by atoms with Crippen molar-refractivity contribution >= 4 is 27.5 Å². The van der Waals surface area contributed by atoms with Crippen LogP contribution in [0.2, 0.25) is 0 Å². The van der Waals surface area contributed by atoms with Gasteiger partial charge in [-0.15, -0.1) is 0 Å². The van der Waals surface area contributed by atoms with E-state index in [1.807, 2.05) is 24.3 Å². The highest BCUT2D eigenvalue weighted by atomic mass is 32.2. The van der Waals surface area contributed by atoms with Gasteiger partial charge < -0.3 is 15.0 Å². The molecule has 2 aliphatic rings. The summed E-state index contributed by atoms with van der Waals surface area (Å²) in [5.74, 6) is -0.0661. The number of hydrogen-bond acceptors (Lipinski definition) is 5. The Labute approximate surface area is 181 Å². The van der Waals surface area contributed by atoms with Gasteiger partial charge in [-0.2, -0.15) is 0 Å². The maximum absolute atomic E-state index is 12.6. The molecule has 0 radical (unpaired) electrons. The van der Waals surface area contributed by atoms with E-state index < -0.39 is 10.0 Å². The minimum atomic E-state index is -3.77. The second-order valence-electron chi connectivity index (χ2n) is 7.76. The fraction of sp³-hybridized carbons (Fsp3) is 0.364. The van der Waals surface area contributed by atoms with Crippen molar-refractivity contribution in [3.05, 3.63) is 53.6 Å². The molecule has 4 rings (SSSR count). The summed E-state index contributed by atoms with van der Waals surface area (Å²) in [5, 5.41) is 2.81. The quantitative estimate of drug-likeness (QED) is 0.651. The van der Waals surface area contributed by atoms with E-state index in [0.717, 1.165) is 37.1 Å².